The van der Waals surface area contributed by atoms with Crippen molar-refractivity contribution in [2.45, 2.75) is 26.0 Å². The zero-order valence-corrected chi connectivity index (χ0v) is 8.97. The van der Waals surface area contributed by atoms with Gasteiger partial charge in [-0.3, -0.25) is 0 Å². The Balaban J connectivity index is 2.20. The van der Waals surface area contributed by atoms with Crippen molar-refractivity contribution in [3.63, 3.8) is 0 Å². The van der Waals surface area contributed by atoms with Crippen molar-refractivity contribution in [2.24, 2.45) is 4.99 Å². The molecule has 1 aromatic heterocycles. The summed E-state index contributed by atoms with van der Waals surface area (Å²) >= 11 is 1.60. The van der Waals surface area contributed by atoms with Crippen molar-refractivity contribution < 1.29 is 9.13 Å². The second-order valence-corrected chi connectivity index (χ2v) is 4.38. The quantitative estimate of drug-likeness (QED) is 0.740. The van der Waals surface area contributed by atoms with Crippen LogP contribution in [0.3, 0.4) is 0 Å². The second kappa shape index (κ2) is 3.69. The first-order valence-corrected chi connectivity index (χ1v) is 5.40. The maximum absolute atomic E-state index is 12.6. The van der Waals surface area contributed by atoms with Gasteiger partial charge in [-0.05, 0) is 23.9 Å². The van der Waals surface area contributed by atoms with E-state index in [0.29, 0.717) is 5.90 Å². The molecule has 2 unspecified atom stereocenters. The van der Waals surface area contributed by atoms with Crippen molar-refractivity contribution in [3.05, 3.63) is 21.9 Å². The van der Waals surface area contributed by atoms with E-state index in [1.54, 1.807) is 18.3 Å². The Hall–Kier alpha value is -0.900. The van der Waals surface area contributed by atoms with Crippen molar-refractivity contribution in [1.82, 2.24) is 0 Å². The molecule has 1 aromatic rings. The summed E-state index contributed by atoms with van der Waals surface area (Å²) in [5.41, 5.74) is 1.19. The van der Waals surface area contributed by atoms with Crippen LogP contribution in [0.1, 0.15) is 23.5 Å². The molecule has 0 N–H and O–H groups in total. The number of ether oxygens (including phenoxy) is 1. The molecule has 0 amide bonds. The van der Waals surface area contributed by atoms with Crippen molar-refractivity contribution in [1.29, 1.82) is 0 Å². The smallest absolute Gasteiger partial charge is 0.181 e. The van der Waals surface area contributed by atoms with E-state index >= 15 is 0 Å². The Labute approximate surface area is 86.4 Å². The predicted molar refractivity (Wildman–Crippen MR) is 55.8 cm³/mol. The third kappa shape index (κ3) is 1.66. The summed E-state index contributed by atoms with van der Waals surface area (Å²) in [5.74, 6) is 0.587. The van der Waals surface area contributed by atoms with Crippen LogP contribution in [0.5, 0.6) is 0 Å². The van der Waals surface area contributed by atoms with Gasteiger partial charge in [0, 0.05) is 11.8 Å². The molecule has 14 heavy (non-hydrogen) atoms. The molecule has 4 heteroatoms. The Kier molecular flexibility index (Phi) is 2.54. The van der Waals surface area contributed by atoms with Gasteiger partial charge in [-0.25, -0.2) is 9.38 Å². The third-order valence-electron chi connectivity index (χ3n) is 2.18. The number of rotatable bonds is 2. The van der Waals surface area contributed by atoms with E-state index in [1.807, 2.05) is 18.4 Å². The van der Waals surface area contributed by atoms with Gasteiger partial charge in [0.15, 0.2) is 12.0 Å². The van der Waals surface area contributed by atoms with Gasteiger partial charge in [-0.2, -0.15) is 0 Å². The molecule has 1 aliphatic rings. The normalized spacial score (nSPS) is 26.1. The lowest BCUT2D eigenvalue weighted by atomic mass is 10.1. The summed E-state index contributed by atoms with van der Waals surface area (Å²) in [7, 11) is 0. The van der Waals surface area contributed by atoms with Gasteiger partial charge in [0.2, 0.25) is 0 Å². The highest BCUT2D eigenvalue weighted by Gasteiger charge is 2.31. The maximum Gasteiger partial charge on any atom is 0.181 e. The fourth-order valence-corrected chi connectivity index (χ4v) is 2.54. The number of halogens is 1. The van der Waals surface area contributed by atoms with Crippen LogP contribution in [0, 0.1) is 6.92 Å². The number of aliphatic imine (C=N–C) groups is 1. The van der Waals surface area contributed by atoms with Crippen molar-refractivity contribution >= 4 is 17.2 Å². The van der Waals surface area contributed by atoms with Crippen LogP contribution < -0.4 is 0 Å². The number of alkyl halides is 1. The molecule has 2 rings (SSSR count). The largest absolute Gasteiger partial charge is 0.470 e. The van der Waals surface area contributed by atoms with Gasteiger partial charge < -0.3 is 4.74 Å². The highest BCUT2D eigenvalue weighted by Crippen LogP contribution is 2.33. The lowest BCUT2D eigenvalue weighted by Crippen LogP contribution is -2.14. The van der Waals surface area contributed by atoms with Crippen LogP contribution in [-0.4, -0.2) is 18.6 Å². The van der Waals surface area contributed by atoms with Crippen LogP contribution in [-0.2, 0) is 4.74 Å². The first-order valence-electron chi connectivity index (χ1n) is 4.53. The van der Waals surface area contributed by atoms with Gasteiger partial charge in [0.25, 0.3) is 0 Å². The molecule has 0 aliphatic carbocycles. The molecule has 1 aliphatic heterocycles. The number of hydrogen-bond acceptors (Lipinski definition) is 3. The molecule has 2 atom stereocenters. The molecule has 76 valence electrons. The summed E-state index contributed by atoms with van der Waals surface area (Å²) in [6, 6.07) is 1.68. The van der Waals surface area contributed by atoms with E-state index in [0.717, 1.165) is 4.88 Å². The maximum atomic E-state index is 12.6. The molecule has 0 fully saturated rings. The second-order valence-electron chi connectivity index (χ2n) is 3.43. The highest BCUT2D eigenvalue weighted by atomic mass is 32.1. The van der Waals surface area contributed by atoms with Crippen LogP contribution in [0.15, 0.2) is 16.4 Å². The Morgan fingerprint density at radius 3 is 2.93 bits per heavy atom. The van der Waals surface area contributed by atoms with Crippen LogP contribution in [0.25, 0.3) is 0 Å². The fraction of sp³-hybridized carbons (Fsp3) is 0.500. The first-order chi connectivity index (χ1) is 6.70. The molecule has 2 nitrogen and oxygen atoms in total. The minimum atomic E-state index is -0.459. The van der Waals surface area contributed by atoms with Crippen molar-refractivity contribution in [3.8, 4) is 0 Å². The van der Waals surface area contributed by atoms with E-state index in [1.165, 1.54) is 5.56 Å². The number of aryl methyl sites for hydroxylation is 1. The van der Waals surface area contributed by atoms with E-state index in [2.05, 4.69) is 4.99 Å². The summed E-state index contributed by atoms with van der Waals surface area (Å²) in [6.07, 6.45) is -0.210. The summed E-state index contributed by atoms with van der Waals surface area (Å²) in [6.45, 7) is 3.33. The molecule has 0 aromatic carbocycles. The molecule has 2 heterocycles. The van der Waals surface area contributed by atoms with Gasteiger partial charge >= 0.3 is 0 Å². The number of nitrogens with zero attached hydrogens (tertiary/aromatic N) is 1. The van der Waals surface area contributed by atoms with Crippen molar-refractivity contribution in [2.75, 3.05) is 6.67 Å². The average molecular weight is 213 g/mol. The lowest BCUT2D eigenvalue weighted by Gasteiger charge is -2.12. The fourth-order valence-electron chi connectivity index (χ4n) is 1.56. The highest BCUT2D eigenvalue weighted by molar-refractivity contribution is 7.10. The zero-order valence-electron chi connectivity index (χ0n) is 8.16. The average Bonchev–Trinajstić information content (AvgIpc) is 2.71. The van der Waals surface area contributed by atoms with E-state index < -0.39 is 6.67 Å². The van der Waals surface area contributed by atoms with Crippen LogP contribution in [0.2, 0.25) is 0 Å². The Morgan fingerprint density at radius 1 is 1.57 bits per heavy atom. The van der Waals surface area contributed by atoms with E-state index in [4.69, 9.17) is 4.74 Å². The van der Waals surface area contributed by atoms with E-state index in [9.17, 15) is 4.39 Å². The first kappa shape index (κ1) is 9.65. The summed E-state index contributed by atoms with van der Waals surface area (Å²) < 4.78 is 18.1. The number of thiophene rings is 1. The standard InChI is InChI=1S/C10H12FNOS/c1-6-3-9(14-5-6)10-8(4-11)12-7(2)13-10/h3,5,8,10H,4H2,1-2H3. The van der Waals surface area contributed by atoms with E-state index in [-0.39, 0.29) is 12.1 Å². The zero-order chi connectivity index (χ0) is 10.1. The summed E-state index contributed by atoms with van der Waals surface area (Å²) in [5, 5.41) is 2.04. The Morgan fingerprint density at radius 2 is 2.36 bits per heavy atom. The lowest BCUT2D eigenvalue weighted by molar-refractivity contribution is 0.182. The molecular formula is C10H12FNOS. The minimum absolute atomic E-state index is 0.210. The molecule has 0 bridgehead atoms. The van der Waals surface area contributed by atoms with Gasteiger partial charge in [-0.1, -0.05) is 0 Å². The minimum Gasteiger partial charge on any atom is -0.470 e. The van der Waals surface area contributed by atoms with Crippen LogP contribution >= 0.6 is 11.3 Å². The van der Waals surface area contributed by atoms with Gasteiger partial charge in [0.05, 0.1) is 0 Å². The SMILES string of the molecule is CC1=NC(CF)C(c2cc(C)cs2)O1. The molecular weight excluding hydrogens is 201 g/mol. The topological polar surface area (TPSA) is 21.6 Å². The third-order valence-corrected chi connectivity index (χ3v) is 3.30. The predicted octanol–water partition coefficient (Wildman–Crippen LogP) is 2.88. The molecule has 0 spiro atoms. The molecule has 0 saturated heterocycles. The van der Waals surface area contributed by atoms with Gasteiger partial charge in [-0.15, -0.1) is 11.3 Å². The Bertz CT molecular complexity index is 361. The molecule has 0 radical (unpaired) electrons. The summed E-state index contributed by atoms with van der Waals surface area (Å²) in [4.78, 5) is 5.16. The van der Waals surface area contributed by atoms with Crippen LogP contribution in [0.4, 0.5) is 4.39 Å². The molecule has 0 saturated carbocycles. The monoisotopic (exact) mass is 213 g/mol. The number of hydrogen-bond donors (Lipinski definition) is 0. The van der Waals surface area contributed by atoms with Gasteiger partial charge in [0.1, 0.15) is 12.7 Å².